The molecule has 0 fully saturated rings. The van der Waals surface area contributed by atoms with Gasteiger partial charge in [-0.3, -0.25) is 4.79 Å². The predicted octanol–water partition coefficient (Wildman–Crippen LogP) is 3.82. The van der Waals surface area contributed by atoms with Crippen LogP contribution in [-0.2, 0) is 4.74 Å². The predicted molar refractivity (Wildman–Crippen MR) is 108 cm³/mol. The standard InChI is InChI=1S/C20H21ClN4O3/c1-13-12-14(2)25(24-13)18-9-8-17(21)19(23-18)20(26)22-15-4-6-16(7-5-15)28-11-10-27-3/h4-9,12H,10-11H2,1-3H3,(H,22,26). The van der Waals surface area contributed by atoms with Crippen LogP contribution in [0, 0.1) is 13.8 Å². The van der Waals surface area contributed by atoms with Gasteiger partial charge in [-0.05, 0) is 56.3 Å². The second-order valence-corrected chi connectivity index (χ2v) is 6.57. The lowest BCUT2D eigenvalue weighted by molar-refractivity contribution is 0.102. The van der Waals surface area contributed by atoms with E-state index in [1.54, 1.807) is 48.2 Å². The van der Waals surface area contributed by atoms with Gasteiger partial charge in [0.05, 0.1) is 17.3 Å². The van der Waals surface area contributed by atoms with E-state index in [-0.39, 0.29) is 10.7 Å². The van der Waals surface area contributed by atoms with Gasteiger partial charge in [0, 0.05) is 18.5 Å². The Kier molecular flexibility index (Phi) is 6.28. The first-order valence-electron chi connectivity index (χ1n) is 8.71. The fraction of sp³-hybridized carbons (Fsp3) is 0.250. The number of anilines is 1. The molecule has 0 saturated heterocycles. The van der Waals surface area contributed by atoms with Crippen LogP contribution in [0.2, 0.25) is 5.02 Å². The fourth-order valence-electron chi connectivity index (χ4n) is 2.64. The van der Waals surface area contributed by atoms with E-state index < -0.39 is 5.91 Å². The molecule has 1 N–H and O–H groups in total. The molecule has 0 aliphatic carbocycles. The van der Waals surface area contributed by atoms with Gasteiger partial charge in [0.25, 0.3) is 5.91 Å². The van der Waals surface area contributed by atoms with Crippen molar-refractivity contribution in [1.82, 2.24) is 14.8 Å². The van der Waals surface area contributed by atoms with Crippen molar-refractivity contribution in [2.75, 3.05) is 25.6 Å². The van der Waals surface area contributed by atoms with Crippen LogP contribution in [0.3, 0.4) is 0 Å². The van der Waals surface area contributed by atoms with Gasteiger partial charge in [0.1, 0.15) is 18.1 Å². The SMILES string of the molecule is COCCOc1ccc(NC(=O)c2nc(-n3nc(C)cc3C)ccc2Cl)cc1. The third-order valence-electron chi connectivity index (χ3n) is 3.94. The maximum atomic E-state index is 12.7. The number of methoxy groups -OCH3 is 1. The lowest BCUT2D eigenvalue weighted by Gasteiger charge is -2.10. The summed E-state index contributed by atoms with van der Waals surface area (Å²) in [6.45, 7) is 4.79. The van der Waals surface area contributed by atoms with Crippen LogP contribution >= 0.6 is 11.6 Å². The molecule has 1 amide bonds. The van der Waals surface area contributed by atoms with E-state index in [1.165, 1.54) is 0 Å². The van der Waals surface area contributed by atoms with Gasteiger partial charge >= 0.3 is 0 Å². The van der Waals surface area contributed by atoms with Crippen molar-refractivity contribution in [3.05, 3.63) is 64.6 Å². The topological polar surface area (TPSA) is 78.3 Å². The van der Waals surface area contributed by atoms with Crippen molar-refractivity contribution < 1.29 is 14.3 Å². The summed E-state index contributed by atoms with van der Waals surface area (Å²) in [5, 5.41) is 7.45. The molecule has 1 aromatic carbocycles. The first kappa shape index (κ1) is 19.9. The van der Waals surface area contributed by atoms with Gasteiger partial charge in [0.15, 0.2) is 5.82 Å². The van der Waals surface area contributed by atoms with Gasteiger partial charge in [-0.1, -0.05) is 11.6 Å². The van der Waals surface area contributed by atoms with E-state index in [4.69, 9.17) is 21.1 Å². The lowest BCUT2D eigenvalue weighted by atomic mass is 10.2. The smallest absolute Gasteiger partial charge is 0.275 e. The Balaban J connectivity index is 1.75. The quantitative estimate of drug-likeness (QED) is 0.610. The fourth-order valence-corrected chi connectivity index (χ4v) is 2.83. The number of pyridine rings is 1. The molecule has 3 rings (SSSR count). The third kappa shape index (κ3) is 4.68. The first-order valence-corrected chi connectivity index (χ1v) is 9.09. The van der Waals surface area contributed by atoms with Crippen molar-refractivity contribution in [3.63, 3.8) is 0 Å². The zero-order valence-electron chi connectivity index (χ0n) is 15.9. The Morgan fingerprint density at radius 2 is 1.89 bits per heavy atom. The van der Waals surface area contributed by atoms with Gasteiger partial charge in [-0.15, -0.1) is 0 Å². The zero-order valence-corrected chi connectivity index (χ0v) is 16.7. The Morgan fingerprint density at radius 1 is 1.14 bits per heavy atom. The second kappa shape index (κ2) is 8.86. The number of aromatic nitrogens is 3. The largest absolute Gasteiger partial charge is 0.491 e. The molecule has 0 aliphatic rings. The maximum absolute atomic E-state index is 12.7. The van der Waals surface area contributed by atoms with Gasteiger partial charge < -0.3 is 14.8 Å². The van der Waals surface area contributed by atoms with Crippen molar-refractivity contribution in [2.24, 2.45) is 0 Å². The highest BCUT2D eigenvalue weighted by Crippen LogP contribution is 2.20. The molecule has 0 aliphatic heterocycles. The Hall–Kier alpha value is -2.90. The molecular formula is C20H21ClN4O3. The van der Waals surface area contributed by atoms with Crippen LogP contribution in [0.4, 0.5) is 5.69 Å². The summed E-state index contributed by atoms with van der Waals surface area (Å²) in [5.74, 6) is 0.821. The van der Waals surface area contributed by atoms with E-state index in [0.29, 0.717) is 30.5 Å². The van der Waals surface area contributed by atoms with Crippen LogP contribution in [0.5, 0.6) is 5.75 Å². The molecule has 7 nitrogen and oxygen atoms in total. The summed E-state index contributed by atoms with van der Waals surface area (Å²) >= 11 is 6.20. The van der Waals surface area contributed by atoms with E-state index in [1.807, 2.05) is 19.9 Å². The number of aryl methyl sites for hydroxylation is 2. The molecule has 0 saturated carbocycles. The monoisotopic (exact) mass is 400 g/mol. The third-order valence-corrected chi connectivity index (χ3v) is 4.25. The molecule has 0 spiro atoms. The molecule has 146 valence electrons. The highest BCUT2D eigenvalue weighted by atomic mass is 35.5. The lowest BCUT2D eigenvalue weighted by Crippen LogP contribution is -2.16. The van der Waals surface area contributed by atoms with Gasteiger partial charge in [-0.25, -0.2) is 9.67 Å². The van der Waals surface area contributed by atoms with E-state index >= 15 is 0 Å². The normalized spacial score (nSPS) is 10.7. The molecule has 0 bridgehead atoms. The number of amides is 1. The van der Waals surface area contributed by atoms with Gasteiger partial charge in [-0.2, -0.15) is 5.10 Å². The summed E-state index contributed by atoms with van der Waals surface area (Å²) in [6, 6.07) is 12.3. The van der Waals surface area contributed by atoms with E-state index in [0.717, 1.165) is 11.4 Å². The highest BCUT2D eigenvalue weighted by Gasteiger charge is 2.15. The number of carbonyl (C=O) groups is 1. The molecule has 2 aromatic heterocycles. The molecule has 0 unspecified atom stereocenters. The number of nitrogens with zero attached hydrogens (tertiary/aromatic N) is 3. The van der Waals surface area contributed by atoms with Crippen molar-refractivity contribution in [2.45, 2.75) is 13.8 Å². The first-order chi connectivity index (χ1) is 13.5. The molecule has 28 heavy (non-hydrogen) atoms. The number of halogens is 1. The highest BCUT2D eigenvalue weighted by molar-refractivity contribution is 6.34. The minimum absolute atomic E-state index is 0.132. The molecule has 0 radical (unpaired) electrons. The summed E-state index contributed by atoms with van der Waals surface area (Å²) < 4.78 is 12.1. The minimum atomic E-state index is -0.401. The van der Waals surface area contributed by atoms with Crippen molar-refractivity contribution >= 4 is 23.2 Å². The summed E-state index contributed by atoms with van der Waals surface area (Å²) in [4.78, 5) is 17.1. The summed E-state index contributed by atoms with van der Waals surface area (Å²) in [7, 11) is 1.62. The van der Waals surface area contributed by atoms with Crippen LogP contribution in [-0.4, -0.2) is 41.0 Å². The minimum Gasteiger partial charge on any atom is -0.491 e. The average molecular weight is 401 g/mol. The van der Waals surface area contributed by atoms with Crippen LogP contribution in [0.15, 0.2) is 42.5 Å². The Morgan fingerprint density at radius 3 is 2.54 bits per heavy atom. The van der Waals surface area contributed by atoms with Crippen LogP contribution in [0.1, 0.15) is 21.9 Å². The van der Waals surface area contributed by atoms with Crippen molar-refractivity contribution in [1.29, 1.82) is 0 Å². The number of benzene rings is 1. The van der Waals surface area contributed by atoms with Crippen LogP contribution < -0.4 is 10.1 Å². The number of rotatable bonds is 7. The van der Waals surface area contributed by atoms with Crippen LogP contribution in [0.25, 0.3) is 5.82 Å². The maximum Gasteiger partial charge on any atom is 0.275 e. The van der Waals surface area contributed by atoms with Gasteiger partial charge in [0.2, 0.25) is 0 Å². The Labute approximate surface area is 168 Å². The number of carbonyl (C=O) groups excluding carboxylic acids is 1. The molecule has 3 aromatic rings. The zero-order chi connectivity index (χ0) is 20.1. The number of hydrogen-bond donors (Lipinski definition) is 1. The Bertz CT molecular complexity index is 970. The molecule has 2 heterocycles. The van der Waals surface area contributed by atoms with E-state index in [9.17, 15) is 4.79 Å². The average Bonchev–Trinajstić information content (AvgIpc) is 3.02. The molecular weight excluding hydrogens is 380 g/mol. The summed E-state index contributed by atoms with van der Waals surface area (Å²) in [5.41, 5.74) is 2.53. The second-order valence-electron chi connectivity index (χ2n) is 6.16. The number of ether oxygens (including phenoxy) is 2. The molecule has 0 atom stereocenters. The number of hydrogen-bond acceptors (Lipinski definition) is 5. The van der Waals surface area contributed by atoms with Crippen molar-refractivity contribution in [3.8, 4) is 11.6 Å². The van der Waals surface area contributed by atoms with E-state index in [2.05, 4.69) is 15.4 Å². The molecule has 8 heteroatoms. The number of nitrogens with one attached hydrogen (secondary N) is 1. The summed E-state index contributed by atoms with van der Waals surface area (Å²) in [6.07, 6.45) is 0.